The average Bonchev–Trinajstić information content (AvgIpc) is 3.24. The minimum atomic E-state index is 0.350. The number of nitrogens with zero attached hydrogens (tertiary/aromatic N) is 3. The van der Waals surface area contributed by atoms with Crippen LogP contribution in [0.3, 0.4) is 0 Å². The number of amides is 1. The summed E-state index contributed by atoms with van der Waals surface area (Å²) in [6.45, 7) is 3.58. The number of aromatic nitrogens is 1. The van der Waals surface area contributed by atoms with Crippen molar-refractivity contribution in [2.45, 2.75) is 12.8 Å². The highest BCUT2D eigenvalue weighted by Crippen LogP contribution is 2.31. The number of carbonyl (C=O) groups is 1. The Morgan fingerprint density at radius 3 is 2.35 bits per heavy atom. The fourth-order valence-corrected chi connectivity index (χ4v) is 2.33. The molecule has 4 nitrogen and oxygen atoms in total. The van der Waals surface area contributed by atoms with Crippen LogP contribution in [0.15, 0.2) is 24.5 Å². The topological polar surface area (TPSA) is 36.4 Å². The van der Waals surface area contributed by atoms with Gasteiger partial charge in [-0.1, -0.05) is 0 Å². The Morgan fingerprint density at radius 2 is 1.76 bits per heavy atom. The Kier molecular flexibility index (Phi) is 2.71. The van der Waals surface area contributed by atoms with Crippen LogP contribution >= 0.6 is 0 Å². The maximum atomic E-state index is 11.9. The van der Waals surface area contributed by atoms with E-state index in [0.717, 1.165) is 39.0 Å². The van der Waals surface area contributed by atoms with Gasteiger partial charge in [0.15, 0.2) is 0 Å². The van der Waals surface area contributed by atoms with E-state index in [2.05, 4.69) is 9.88 Å². The van der Waals surface area contributed by atoms with Crippen molar-refractivity contribution in [3.63, 3.8) is 0 Å². The van der Waals surface area contributed by atoms with E-state index in [4.69, 9.17) is 0 Å². The zero-order chi connectivity index (χ0) is 11.7. The van der Waals surface area contributed by atoms with Crippen LogP contribution in [-0.4, -0.2) is 42.0 Å². The van der Waals surface area contributed by atoms with Gasteiger partial charge >= 0.3 is 0 Å². The Hall–Kier alpha value is -1.58. The third-order valence-corrected chi connectivity index (χ3v) is 3.55. The van der Waals surface area contributed by atoms with Crippen LogP contribution in [0, 0.1) is 5.92 Å². The summed E-state index contributed by atoms with van der Waals surface area (Å²) in [4.78, 5) is 20.3. The van der Waals surface area contributed by atoms with Crippen LogP contribution in [0.5, 0.6) is 0 Å². The molecular weight excluding hydrogens is 214 g/mol. The molecular formula is C13H17N3O. The molecule has 2 fully saturated rings. The fraction of sp³-hybridized carbons (Fsp3) is 0.538. The molecule has 0 spiro atoms. The van der Waals surface area contributed by atoms with E-state index in [1.54, 1.807) is 0 Å². The summed E-state index contributed by atoms with van der Waals surface area (Å²) in [5, 5.41) is 0. The summed E-state index contributed by atoms with van der Waals surface area (Å²) in [5.41, 5.74) is 1.21. The molecule has 0 aromatic carbocycles. The first-order valence-electron chi connectivity index (χ1n) is 6.28. The molecule has 1 saturated carbocycles. The largest absolute Gasteiger partial charge is 0.368 e. The van der Waals surface area contributed by atoms with Gasteiger partial charge in [0.25, 0.3) is 0 Å². The molecule has 1 aliphatic heterocycles. The molecule has 0 N–H and O–H groups in total. The number of anilines is 1. The number of hydrogen-bond acceptors (Lipinski definition) is 3. The number of carbonyl (C=O) groups excluding carboxylic acids is 1. The number of rotatable bonds is 2. The SMILES string of the molecule is O=C(C1CC1)N1CCN(c2ccncc2)CC1. The van der Waals surface area contributed by atoms with E-state index in [9.17, 15) is 4.79 Å². The summed E-state index contributed by atoms with van der Waals surface area (Å²) in [5.74, 6) is 0.724. The van der Waals surface area contributed by atoms with Gasteiger partial charge in [-0.25, -0.2) is 0 Å². The highest BCUT2D eigenvalue weighted by Gasteiger charge is 2.34. The lowest BCUT2D eigenvalue weighted by Crippen LogP contribution is -2.49. The minimum Gasteiger partial charge on any atom is -0.368 e. The molecule has 1 aromatic rings. The summed E-state index contributed by atoms with van der Waals surface area (Å²) >= 11 is 0. The second-order valence-corrected chi connectivity index (χ2v) is 4.79. The van der Waals surface area contributed by atoms with E-state index in [1.807, 2.05) is 29.4 Å². The predicted octanol–water partition coefficient (Wildman–Crippen LogP) is 1.14. The molecule has 1 aliphatic carbocycles. The highest BCUT2D eigenvalue weighted by molar-refractivity contribution is 5.81. The van der Waals surface area contributed by atoms with Gasteiger partial charge in [-0.15, -0.1) is 0 Å². The Labute approximate surface area is 101 Å². The van der Waals surface area contributed by atoms with Gasteiger partial charge in [0.05, 0.1) is 0 Å². The molecule has 0 atom stereocenters. The number of hydrogen-bond donors (Lipinski definition) is 0. The van der Waals surface area contributed by atoms with Gasteiger partial charge in [-0.05, 0) is 25.0 Å². The predicted molar refractivity (Wildman–Crippen MR) is 65.8 cm³/mol. The summed E-state index contributed by atoms with van der Waals surface area (Å²) in [7, 11) is 0. The van der Waals surface area contributed by atoms with Crippen molar-refractivity contribution in [3.05, 3.63) is 24.5 Å². The lowest BCUT2D eigenvalue weighted by molar-refractivity contribution is -0.132. The van der Waals surface area contributed by atoms with Crippen LogP contribution in [0.2, 0.25) is 0 Å². The normalized spacial score (nSPS) is 20.5. The first-order chi connectivity index (χ1) is 8.34. The summed E-state index contributed by atoms with van der Waals surface area (Å²) in [6, 6.07) is 4.05. The Morgan fingerprint density at radius 1 is 1.12 bits per heavy atom. The molecule has 1 amide bonds. The van der Waals surface area contributed by atoms with E-state index in [-0.39, 0.29) is 0 Å². The second-order valence-electron chi connectivity index (χ2n) is 4.79. The smallest absolute Gasteiger partial charge is 0.225 e. The standard InChI is InChI=1S/C13H17N3O/c17-13(11-1-2-11)16-9-7-15(8-10-16)12-3-5-14-6-4-12/h3-6,11H,1-2,7-10H2. The maximum Gasteiger partial charge on any atom is 0.225 e. The number of piperazine rings is 1. The third-order valence-electron chi connectivity index (χ3n) is 3.55. The molecule has 2 aliphatic rings. The van der Waals surface area contributed by atoms with E-state index in [1.165, 1.54) is 5.69 Å². The van der Waals surface area contributed by atoms with E-state index in [0.29, 0.717) is 11.8 Å². The molecule has 4 heteroatoms. The molecule has 0 unspecified atom stereocenters. The van der Waals surface area contributed by atoms with Crippen LogP contribution in [0.4, 0.5) is 5.69 Å². The van der Waals surface area contributed by atoms with Crippen molar-refractivity contribution in [1.29, 1.82) is 0 Å². The molecule has 90 valence electrons. The average molecular weight is 231 g/mol. The molecule has 3 rings (SSSR count). The summed E-state index contributed by atoms with van der Waals surface area (Å²) < 4.78 is 0. The van der Waals surface area contributed by atoms with E-state index >= 15 is 0 Å². The van der Waals surface area contributed by atoms with Crippen LogP contribution < -0.4 is 4.90 Å². The van der Waals surface area contributed by atoms with Crippen molar-refractivity contribution in [3.8, 4) is 0 Å². The van der Waals surface area contributed by atoms with Gasteiger partial charge in [-0.3, -0.25) is 9.78 Å². The zero-order valence-electron chi connectivity index (χ0n) is 9.88. The second kappa shape index (κ2) is 4.35. The molecule has 0 bridgehead atoms. The first-order valence-corrected chi connectivity index (χ1v) is 6.28. The van der Waals surface area contributed by atoms with E-state index < -0.39 is 0 Å². The van der Waals surface area contributed by atoms with Gasteiger partial charge < -0.3 is 9.80 Å². The Balaban J connectivity index is 1.58. The van der Waals surface area contributed by atoms with Gasteiger partial charge in [0, 0.05) is 50.2 Å². The van der Waals surface area contributed by atoms with Gasteiger partial charge in [0.1, 0.15) is 0 Å². The van der Waals surface area contributed by atoms with Crippen molar-refractivity contribution < 1.29 is 4.79 Å². The monoisotopic (exact) mass is 231 g/mol. The first kappa shape index (κ1) is 10.6. The highest BCUT2D eigenvalue weighted by atomic mass is 16.2. The fourth-order valence-electron chi connectivity index (χ4n) is 2.33. The van der Waals surface area contributed by atoms with Crippen LogP contribution in [0.1, 0.15) is 12.8 Å². The minimum absolute atomic E-state index is 0.350. The third kappa shape index (κ3) is 2.25. The molecule has 1 aromatic heterocycles. The van der Waals surface area contributed by atoms with Crippen LogP contribution in [0.25, 0.3) is 0 Å². The lowest BCUT2D eigenvalue weighted by Gasteiger charge is -2.36. The lowest BCUT2D eigenvalue weighted by atomic mass is 10.2. The van der Waals surface area contributed by atoms with Crippen molar-refractivity contribution in [2.75, 3.05) is 31.1 Å². The quantitative estimate of drug-likeness (QED) is 0.766. The van der Waals surface area contributed by atoms with Crippen molar-refractivity contribution in [1.82, 2.24) is 9.88 Å². The molecule has 17 heavy (non-hydrogen) atoms. The summed E-state index contributed by atoms with van der Waals surface area (Å²) in [6.07, 6.45) is 5.83. The van der Waals surface area contributed by atoms with Gasteiger partial charge in [0.2, 0.25) is 5.91 Å². The van der Waals surface area contributed by atoms with Crippen molar-refractivity contribution in [2.24, 2.45) is 5.92 Å². The van der Waals surface area contributed by atoms with Crippen molar-refractivity contribution >= 4 is 11.6 Å². The number of pyridine rings is 1. The molecule has 2 heterocycles. The van der Waals surface area contributed by atoms with Gasteiger partial charge in [-0.2, -0.15) is 0 Å². The molecule has 1 saturated heterocycles. The zero-order valence-corrected chi connectivity index (χ0v) is 9.88. The van der Waals surface area contributed by atoms with Crippen LogP contribution in [-0.2, 0) is 4.79 Å². The maximum absolute atomic E-state index is 11.9. The molecule has 0 radical (unpaired) electrons. The Bertz CT molecular complexity index is 394.